The SMILES string of the molecule is CC(=O)NC(C)NC(=O)C(C)C. The van der Waals surface area contributed by atoms with E-state index in [1.165, 1.54) is 6.92 Å². The largest absolute Gasteiger partial charge is 0.337 e. The molecule has 0 aliphatic carbocycles. The first-order valence-corrected chi connectivity index (χ1v) is 4.01. The highest BCUT2D eigenvalue weighted by Gasteiger charge is 2.10. The lowest BCUT2D eigenvalue weighted by molar-refractivity contribution is -0.125. The molecule has 0 saturated heterocycles. The van der Waals surface area contributed by atoms with Crippen molar-refractivity contribution in [3.05, 3.63) is 0 Å². The molecule has 4 nitrogen and oxygen atoms in total. The Bertz CT molecular complexity index is 178. The van der Waals surface area contributed by atoms with Gasteiger partial charge >= 0.3 is 0 Å². The zero-order chi connectivity index (χ0) is 9.72. The van der Waals surface area contributed by atoms with Gasteiger partial charge in [0.1, 0.15) is 0 Å². The van der Waals surface area contributed by atoms with Gasteiger partial charge in [-0.15, -0.1) is 0 Å². The van der Waals surface area contributed by atoms with E-state index < -0.39 is 0 Å². The van der Waals surface area contributed by atoms with Crippen LogP contribution in [0.15, 0.2) is 0 Å². The van der Waals surface area contributed by atoms with Crippen molar-refractivity contribution < 1.29 is 9.59 Å². The van der Waals surface area contributed by atoms with Gasteiger partial charge in [0, 0.05) is 12.8 Å². The minimum atomic E-state index is -0.294. The molecular weight excluding hydrogens is 156 g/mol. The Kier molecular flexibility index (Phi) is 4.33. The van der Waals surface area contributed by atoms with Gasteiger partial charge in [0.15, 0.2) is 0 Å². The highest BCUT2D eigenvalue weighted by atomic mass is 16.2. The van der Waals surface area contributed by atoms with Gasteiger partial charge in [-0.2, -0.15) is 0 Å². The van der Waals surface area contributed by atoms with Crippen LogP contribution in [0.2, 0.25) is 0 Å². The highest BCUT2D eigenvalue weighted by Crippen LogP contribution is 1.91. The van der Waals surface area contributed by atoms with Crippen LogP contribution in [0.4, 0.5) is 0 Å². The minimum absolute atomic E-state index is 0.0544. The Morgan fingerprint density at radius 2 is 1.58 bits per heavy atom. The number of carbonyl (C=O) groups is 2. The van der Waals surface area contributed by atoms with Crippen molar-refractivity contribution in [1.82, 2.24) is 10.6 Å². The van der Waals surface area contributed by atoms with Crippen molar-refractivity contribution in [2.75, 3.05) is 0 Å². The first-order valence-electron chi connectivity index (χ1n) is 4.01. The molecule has 0 fully saturated rings. The summed E-state index contributed by atoms with van der Waals surface area (Å²) in [5.74, 6) is -0.260. The summed E-state index contributed by atoms with van der Waals surface area (Å²) in [6.45, 7) is 6.74. The van der Waals surface area contributed by atoms with Crippen LogP contribution in [-0.4, -0.2) is 18.0 Å². The van der Waals surface area contributed by atoms with Crippen molar-refractivity contribution in [2.45, 2.75) is 33.9 Å². The van der Waals surface area contributed by atoms with E-state index in [4.69, 9.17) is 0 Å². The molecule has 0 aliphatic heterocycles. The molecule has 1 unspecified atom stereocenters. The number of hydrogen-bond donors (Lipinski definition) is 2. The molecule has 0 aromatic carbocycles. The second-order valence-electron chi connectivity index (χ2n) is 3.09. The van der Waals surface area contributed by atoms with Crippen LogP contribution >= 0.6 is 0 Å². The number of nitrogens with one attached hydrogen (secondary N) is 2. The third-order valence-corrected chi connectivity index (χ3v) is 1.30. The lowest BCUT2D eigenvalue weighted by atomic mass is 10.2. The minimum Gasteiger partial charge on any atom is -0.337 e. The van der Waals surface area contributed by atoms with Gasteiger partial charge in [-0.05, 0) is 6.92 Å². The van der Waals surface area contributed by atoms with Crippen molar-refractivity contribution >= 4 is 11.8 Å². The molecule has 0 spiro atoms. The van der Waals surface area contributed by atoms with Gasteiger partial charge in [-0.25, -0.2) is 0 Å². The summed E-state index contributed by atoms with van der Waals surface area (Å²) >= 11 is 0. The summed E-state index contributed by atoms with van der Waals surface area (Å²) in [5, 5.41) is 5.20. The molecule has 2 amide bonds. The number of hydrogen-bond acceptors (Lipinski definition) is 2. The first kappa shape index (κ1) is 10.9. The Hall–Kier alpha value is -1.06. The molecule has 12 heavy (non-hydrogen) atoms. The van der Waals surface area contributed by atoms with Gasteiger partial charge < -0.3 is 10.6 Å². The Balaban J connectivity index is 3.76. The maximum absolute atomic E-state index is 11.1. The lowest BCUT2D eigenvalue weighted by Crippen LogP contribution is -2.46. The van der Waals surface area contributed by atoms with Crippen molar-refractivity contribution in [1.29, 1.82) is 0 Å². The van der Waals surface area contributed by atoms with E-state index in [2.05, 4.69) is 10.6 Å². The maximum Gasteiger partial charge on any atom is 0.224 e. The molecule has 0 aromatic rings. The molecular formula is C8H16N2O2. The predicted molar refractivity (Wildman–Crippen MR) is 46.3 cm³/mol. The predicted octanol–water partition coefficient (Wildman–Crippen LogP) is 0.241. The fourth-order valence-corrected chi connectivity index (χ4v) is 0.721. The lowest BCUT2D eigenvalue weighted by Gasteiger charge is -2.15. The Morgan fingerprint density at radius 1 is 1.08 bits per heavy atom. The van der Waals surface area contributed by atoms with E-state index in [0.29, 0.717) is 0 Å². The average Bonchev–Trinajstić information content (AvgIpc) is 1.84. The number of rotatable bonds is 3. The van der Waals surface area contributed by atoms with Crippen LogP contribution in [-0.2, 0) is 9.59 Å². The summed E-state index contributed by atoms with van der Waals surface area (Å²) in [4.78, 5) is 21.6. The first-order chi connectivity index (χ1) is 5.43. The van der Waals surface area contributed by atoms with E-state index in [1.807, 2.05) is 0 Å². The standard InChI is InChI=1S/C8H16N2O2/c1-5(2)8(12)10-6(3)9-7(4)11/h5-6H,1-4H3,(H,9,11)(H,10,12). The van der Waals surface area contributed by atoms with Gasteiger partial charge in [0.05, 0.1) is 6.17 Å². The smallest absolute Gasteiger partial charge is 0.224 e. The maximum atomic E-state index is 11.1. The Labute approximate surface area is 72.7 Å². The fourth-order valence-electron chi connectivity index (χ4n) is 0.721. The Morgan fingerprint density at radius 3 is 1.92 bits per heavy atom. The summed E-state index contributed by atoms with van der Waals surface area (Å²) in [7, 11) is 0. The monoisotopic (exact) mass is 172 g/mol. The quantitative estimate of drug-likeness (QED) is 0.599. The molecule has 0 aliphatic rings. The van der Waals surface area contributed by atoms with Crippen LogP contribution < -0.4 is 10.6 Å². The van der Waals surface area contributed by atoms with Gasteiger partial charge in [0.25, 0.3) is 0 Å². The van der Waals surface area contributed by atoms with Crippen LogP contribution in [0.1, 0.15) is 27.7 Å². The molecule has 0 rings (SSSR count). The highest BCUT2D eigenvalue weighted by molar-refractivity contribution is 5.79. The third kappa shape index (κ3) is 4.71. The van der Waals surface area contributed by atoms with Crippen molar-refractivity contribution in [3.8, 4) is 0 Å². The molecule has 2 N–H and O–H groups in total. The van der Waals surface area contributed by atoms with Crippen LogP contribution in [0, 0.1) is 5.92 Å². The van der Waals surface area contributed by atoms with Crippen LogP contribution in [0.5, 0.6) is 0 Å². The molecule has 0 bridgehead atoms. The third-order valence-electron chi connectivity index (χ3n) is 1.30. The summed E-state index contributed by atoms with van der Waals surface area (Å²) in [5.41, 5.74) is 0. The number of amides is 2. The van der Waals surface area contributed by atoms with Crippen LogP contribution in [0.25, 0.3) is 0 Å². The molecule has 1 atom stereocenters. The van der Waals surface area contributed by atoms with E-state index in [1.54, 1.807) is 20.8 Å². The van der Waals surface area contributed by atoms with Crippen molar-refractivity contribution in [3.63, 3.8) is 0 Å². The topological polar surface area (TPSA) is 58.2 Å². The second-order valence-corrected chi connectivity index (χ2v) is 3.09. The summed E-state index contributed by atoms with van der Waals surface area (Å²) < 4.78 is 0. The molecule has 0 saturated carbocycles. The summed E-state index contributed by atoms with van der Waals surface area (Å²) in [6.07, 6.45) is -0.294. The van der Waals surface area contributed by atoms with Crippen molar-refractivity contribution in [2.24, 2.45) is 5.92 Å². The molecule has 70 valence electrons. The molecule has 0 radical (unpaired) electrons. The second kappa shape index (κ2) is 4.74. The van der Waals surface area contributed by atoms with E-state index in [-0.39, 0.29) is 23.9 Å². The van der Waals surface area contributed by atoms with E-state index >= 15 is 0 Å². The van der Waals surface area contributed by atoms with Gasteiger partial charge in [-0.3, -0.25) is 9.59 Å². The number of carbonyl (C=O) groups excluding carboxylic acids is 2. The zero-order valence-corrected chi connectivity index (χ0v) is 7.97. The normalized spacial score (nSPS) is 12.4. The molecule has 0 aromatic heterocycles. The average molecular weight is 172 g/mol. The van der Waals surface area contributed by atoms with E-state index in [9.17, 15) is 9.59 Å². The summed E-state index contributed by atoms with van der Waals surface area (Å²) in [6, 6.07) is 0. The van der Waals surface area contributed by atoms with Gasteiger partial charge in [-0.1, -0.05) is 13.8 Å². The molecule has 4 heteroatoms. The van der Waals surface area contributed by atoms with Crippen LogP contribution in [0.3, 0.4) is 0 Å². The zero-order valence-electron chi connectivity index (χ0n) is 7.97. The van der Waals surface area contributed by atoms with E-state index in [0.717, 1.165) is 0 Å². The van der Waals surface area contributed by atoms with Gasteiger partial charge in [0.2, 0.25) is 11.8 Å². The molecule has 0 heterocycles. The fraction of sp³-hybridized carbons (Fsp3) is 0.750.